The normalized spacial score (nSPS) is 15.2. The Kier molecular flexibility index (Phi) is 5.95. The highest BCUT2D eigenvalue weighted by molar-refractivity contribution is 5.99. The van der Waals surface area contributed by atoms with Gasteiger partial charge in [-0.1, -0.05) is 12.1 Å². The number of methoxy groups -OCH3 is 2. The molecule has 0 radical (unpaired) electrons. The molecule has 6 heteroatoms. The number of benzene rings is 2. The number of hydrogen-bond acceptors (Lipinski definition) is 5. The Balaban J connectivity index is 1.44. The van der Waals surface area contributed by atoms with Crippen molar-refractivity contribution in [3.8, 4) is 11.5 Å². The maximum absolute atomic E-state index is 13.2. The predicted octanol–water partition coefficient (Wildman–Crippen LogP) is 4.11. The van der Waals surface area contributed by atoms with Crippen LogP contribution in [-0.2, 0) is 6.54 Å². The Hall–Kier alpha value is -2.99. The predicted molar refractivity (Wildman–Crippen MR) is 116 cm³/mol. The topological polar surface area (TPSA) is 55.2 Å². The summed E-state index contributed by atoms with van der Waals surface area (Å²) in [5, 5.41) is 0.925. The van der Waals surface area contributed by atoms with Gasteiger partial charge in [-0.3, -0.25) is 9.69 Å². The summed E-state index contributed by atoms with van der Waals surface area (Å²) in [6.07, 6.45) is 0.939. The zero-order chi connectivity index (χ0) is 21.1. The molecule has 3 aromatic rings. The number of ether oxygens (including phenoxy) is 2. The Morgan fingerprint density at radius 1 is 0.967 bits per heavy atom. The number of aryl methyl sites for hydroxylation is 1. The van der Waals surface area contributed by atoms with Gasteiger partial charge < -0.3 is 18.8 Å². The first-order valence-electron chi connectivity index (χ1n) is 10.3. The number of carbonyl (C=O) groups is 1. The SMILES string of the molecule is COc1ccc(CN2CCCN(C(=O)c3oc4ccc(OC)cc4c3C)CC2)cc1. The summed E-state index contributed by atoms with van der Waals surface area (Å²) in [5.74, 6) is 2.02. The van der Waals surface area contributed by atoms with Gasteiger partial charge in [0, 0.05) is 43.7 Å². The molecular formula is C24H28N2O4. The van der Waals surface area contributed by atoms with Crippen LogP contribution in [0.25, 0.3) is 11.0 Å². The molecule has 0 aliphatic carbocycles. The Labute approximate surface area is 177 Å². The molecule has 1 amide bonds. The van der Waals surface area contributed by atoms with Gasteiger partial charge in [-0.2, -0.15) is 0 Å². The number of fused-ring (bicyclic) bond motifs is 1. The zero-order valence-electron chi connectivity index (χ0n) is 17.8. The highest BCUT2D eigenvalue weighted by Gasteiger charge is 2.25. The van der Waals surface area contributed by atoms with Crippen molar-refractivity contribution in [1.29, 1.82) is 0 Å². The Morgan fingerprint density at radius 2 is 1.70 bits per heavy atom. The average molecular weight is 408 g/mol. The van der Waals surface area contributed by atoms with Crippen molar-refractivity contribution in [2.75, 3.05) is 40.4 Å². The molecule has 4 rings (SSSR count). The molecule has 2 heterocycles. The highest BCUT2D eigenvalue weighted by Crippen LogP contribution is 2.29. The van der Waals surface area contributed by atoms with Gasteiger partial charge in [-0.05, 0) is 49.2 Å². The van der Waals surface area contributed by atoms with E-state index in [0.29, 0.717) is 17.9 Å². The van der Waals surface area contributed by atoms with Crippen LogP contribution in [0.3, 0.4) is 0 Å². The summed E-state index contributed by atoms with van der Waals surface area (Å²) >= 11 is 0. The van der Waals surface area contributed by atoms with Crippen LogP contribution in [0.2, 0.25) is 0 Å². The number of rotatable bonds is 5. The Morgan fingerprint density at radius 3 is 2.43 bits per heavy atom. The fourth-order valence-corrected chi connectivity index (χ4v) is 4.00. The van der Waals surface area contributed by atoms with Crippen LogP contribution >= 0.6 is 0 Å². The van der Waals surface area contributed by atoms with E-state index in [2.05, 4.69) is 17.0 Å². The second kappa shape index (κ2) is 8.79. The molecule has 0 saturated carbocycles. The first-order chi connectivity index (χ1) is 14.6. The molecule has 0 unspecified atom stereocenters. The van der Waals surface area contributed by atoms with Gasteiger partial charge in [0.1, 0.15) is 17.1 Å². The number of furan rings is 1. The molecule has 30 heavy (non-hydrogen) atoms. The molecule has 0 N–H and O–H groups in total. The molecule has 0 spiro atoms. The van der Waals surface area contributed by atoms with E-state index in [0.717, 1.165) is 55.0 Å². The van der Waals surface area contributed by atoms with E-state index >= 15 is 0 Å². The maximum atomic E-state index is 13.2. The molecule has 1 fully saturated rings. The van der Waals surface area contributed by atoms with Gasteiger partial charge >= 0.3 is 0 Å². The molecule has 2 aromatic carbocycles. The van der Waals surface area contributed by atoms with Gasteiger partial charge in [0.2, 0.25) is 0 Å². The summed E-state index contributed by atoms with van der Waals surface area (Å²) in [4.78, 5) is 17.5. The minimum absolute atomic E-state index is 0.0334. The smallest absolute Gasteiger partial charge is 0.289 e. The number of amides is 1. The van der Waals surface area contributed by atoms with E-state index in [1.54, 1.807) is 14.2 Å². The van der Waals surface area contributed by atoms with Crippen LogP contribution in [-0.4, -0.2) is 56.1 Å². The van der Waals surface area contributed by atoms with Crippen molar-refractivity contribution in [1.82, 2.24) is 9.80 Å². The summed E-state index contributed by atoms with van der Waals surface area (Å²) in [6, 6.07) is 13.8. The average Bonchev–Trinajstić information content (AvgIpc) is 2.94. The first-order valence-corrected chi connectivity index (χ1v) is 10.3. The van der Waals surface area contributed by atoms with E-state index in [1.165, 1.54) is 5.56 Å². The maximum Gasteiger partial charge on any atom is 0.289 e. The largest absolute Gasteiger partial charge is 0.497 e. The van der Waals surface area contributed by atoms with Gasteiger partial charge in [-0.25, -0.2) is 0 Å². The highest BCUT2D eigenvalue weighted by atomic mass is 16.5. The number of hydrogen-bond donors (Lipinski definition) is 0. The monoisotopic (exact) mass is 408 g/mol. The van der Waals surface area contributed by atoms with Crippen molar-refractivity contribution in [3.63, 3.8) is 0 Å². The van der Waals surface area contributed by atoms with Gasteiger partial charge in [-0.15, -0.1) is 0 Å². The van der Waals surface area contributed by atoms with Crippen LogP contribution in [0.4, 0.5) is 0 Å². The quantitative estimate of drug-likeness (QED) is 0.636. The van der Waals surface area contributed by atoms with E-state index < -0.39 is 0 Å². The van der Waals surface area contributed by atoms with Gasteiger partial charge in [0.15, 0.2) is 5.76 Å². The van der Waals surface area contributed by atoms with Crippen LogP contribution in [0.5, 0.6) is 11.5 Å². The number of nitrogens with zero attached hydrogens (tertiary/aromatic N) is 2. The van der Waals surface area contributed by atoms with E-state index in [9.17, 15) is 4.79 Å². The molecule has 1 saturated heterocycles. The lowest BCUT2D eigenvalue weighted by Gasteiger charge is -2.21. The van der Waals surface area contributed by atoms with E-state index in [-0.39, 0.29) is 5.91 Å². The lowest BCUT2D eigenvalue weighted by atomic mass is 10.1. The molecule has 1 aliphatic heterocycles. The molecule has 0 bridgehead atoms. The molecule has 158 valence electrons. The minimum Gasteiger partial charge on any atom is -0.497 e. The standard InChI is InChI=1S/C24H28N2O4/c1-17-21-15-20(29-3)9-10-22(21)30-23(17)24(27)26-12-4-11-25(13-14-26)16-18-5-7-19(28-2)8-6-18/h5-10,15H,4,11-14,16H2,1-3H3. The molecule has 6 nitrogen and oxygen atoms in total. The van der Waals surface area contributed by atoms with Gasteiger partial charge in [0.05, 0.1) is 14.2 Å². The summed E-state index contributed by atoms with van der Waals surface area (Å²) in [7, 11) is 3.31. The van der Waals surface area contributed by atoms with Crippen LogP contribution in [0.15, 0.2) is 46.9 Å². The second-order valence-corrected chi connectivity index (χ2v) is 7.69. The van der Waals surface area contributed by atoms with Crippen molar-refractivity contribution in [3.05, 3.63) is 59.4 Å². The lowest BCUT2D eigenvalue weighted by molar-refractivity contribution is 0.0730. The third-order valence-corrected chi connectivity index (χ3v) is 5.78. The molecule has 1 aromatic heterocycles. The fourth-order valence-electron chi connectivity index (χ4n) is 4.00. The molecule has 0 atom stereocenters. The molecular weight excluding hydrogens is 380 g/mol. The van der Waals surface area contributed by atoms with Crippen LogP contribution in [0, 0.1) is 6.92 Å². The van der Waals surface area contributed by atoms with Crippen molar-refractivity contribution in [2.45, 2.75) is 19.9 Å². The molecule has 1 aliphatic rings. The summed E-state index contributed by atoms with van der Waals surface area (Å²) in [5.41, 5.74) is 2.83. The Bertz CT molecular complexity index is 1030. The third kappa shape index (κ3) is 4.14. The lowest BCUT2D eigenvalue weighted by Crippen LogP contribution is -2.35. The second-order valence-electron chi connectivity index (χ2n) is 7.69. The van der Waals surface area contributed by atoms with Crippen LogP contribution in [0.1, 0.15) is 28.1 Å². The number of carbonyl (C=O) groups excluding carboxylic acids is 1. The summed E-state index contributed by atoms with van der Waals surface area (Å²) < 4.78 is 16.5. The van der Waals surface area contributed by atoms with Crippen molar-refractivity contribution in [2.24, 2.45) is 0 Å². The summed E-state index contributed by atoms with van der Waals surface area (Å²) in [6.45, 7) is 6.03. The zero-order valence-corrected chi connectivity index (χ0v) is 17.8. The fraction of sp³-hybridized carbons (Fsp3) is 0.375. The third-order valence-electron chi connectivity index (χ3n) is 5.78. The van der Waals surface area contributed by atoms with Crippen molar-refractivity contribution >= 4 is 16.9 Å². The van der Waals surface area contributed by atoms with Gasteiger partial charge in [0.25, 0.3) is 5.91 Å². The first kappa shape index (κ1) is 20.3. The minimum atomic E-state index is -0.0334. The van der Waals surface area contributed by atoms with Crippen molar-refractivity contribution < 1.29 is 18.7 Å². The van der Waals surface area contributed by atoms with Crippen LogP contribution < -0.4 is 9.47 Å². The van der Waals surface area contributed by atoms with E-state index in [4.69, 9.17) is 13.9 Å². The van der Waals surface area contributed by atoms with E-state index in [1.807, 2.05) is 42.2 Å².